The standard InChI is InChI=1S/C16H15Cl2FN2O2/c1-22-9-4-12(17)15(13(18)5-9)11-2-8(19)3-14-16(11)23-10(6-20)7-21-14/h2-5,10,21H,6-7,20H2,1H3. The van der Waals surface area contributed by atoms with E-state index in [1.807, 2.05) is 0 Å². The largest absolute Gasteiger partial charge is 0.497 e. The Morgan fingerprint density at radius 1 is 1.30 bits per heavy atom. The minimum absolute atomic E-state index is 0.206. The van der Waals surface area contributed by atoms with E-state index in [1.54, 1.807) is 12.1 Å². The Labute approximate surface area is 143 Å². The lowest BCUT2D eigenvalue weighted by molar-refractivity contribution is 0.215. The van der Waals surface area contributed by atoms with Crippen LogP contribution in [0.3, 0.4) is 0 Å². The molecule has 0 aliphatic carbocycles. The van der Waals surface area contributed by atoms with Gasteiger partial charge in [0.2, 0.25) is 0 Å². The van der Waals surface area contributed by atoms with Crippen molar-refractivity contribution in [2.24, 2.45) is 5.73 Å². The van der Waals surface area contributed by atoms with Gasteiger partial charge >= 0.3 is 0 Å². The topological polar surface area (TPSA) is 56.5 Å². The van der Waals surface area contributed by atoms with Gasteiger partial charge in [-0.1, -0.05) is 23.2 Å². The molecule has 0 fully saturated rings. The van der Waals surface area contributed by atoms with Gasteiger partial charge in [0.05, 0.1) is 29.4 Å². The summed E-state index contributed by atoms with van der Waals surface area (Å²) in [5.74, 6) is 0.596. The van der Waals surface area contributed by atoms with Crippen LogP contribution in [-0.4, -0.2) is 26.3 Å². The van der Waals surface area contributed by atoms with Crippen LogP contribution in [-0.2, 0) is 0 Å². The number of halogens is 3. The zero-order chi connectivity index (χ0) is 16.6. The van der Waals surface area contributed by atoms with Gasteiger partial charge < -0.3 is 20.5 Å². The van der Waals surface area contributed by atoms with Crippen molar-refractivity contribution in [1.82, 2.24) is 0 Å². The van der Waals surface area contributed by atoms with E-state index >= 15 is 0 Å². The number of nitrogens with one attached hydrogen (secondary N) is 1. The molecule has 7 heteroatoms. The summed E-state index contributed by atoms with van der Waals surface area (Å²) in [6, 6.07) is 5.96. The first-order valence-corrected chi connectivity index (χ1v) is 7.76. The summed E-state index contributed by atoms with van der Waals surface area (Å²) in [7, 11) is 1.52. The maximum Gasteiger partial charge on any atom is 0.151 e. The fourth-order valence-corrected chi connectivity index (χ4v) is 3.20. The van der Waals surface area contributed by atoms with E-state index < -0.39 is 5.82 Å². The van der Waals surface area contributed by atoms with Crippen molar-refractivity contribution in [3.63, 3.8) is 0 Å². The Kier molecular flexibility index (Phi) is 4.53. The molecule has 0 radical (unpaired) electrons. The van der Waals surface area contributed by atoms with Crippen molar-refractivity contribution >= 4 is 28.9 Å². The summed E-state index contributed by atoms with van der Waals surface area (Å²) in [5, 5.41) is 3.82. The van der Waals surface area contributed by atoms with Crippen LogP contribution in [0.4, 0.5) is 10.1 Å². The molecular weight excluding hydrogens is 342 g/mol. The van der Waals surface area contributed by atoms with Gasteiger partial charge in [-0.05, 0) is 18.2 Å². The Hall–Kier alpha value is -1.69. The molecule has 1 heterocycles. The number of anilines is 1. The van der Waals surface area contributed by atoms with E-state index in [2.05, 4.69) is 5.32 Å². The van der Waals surface area contributed by atoms with Crippen molar-refractivity contribution in [3.8, 4) is 22.6 Å². The van der Waals surface area contributed by atoms with E-state index in [4.69, 9.17) is 38.4 Å². The minimum atomic E-state index is -0.413. The fraction of sp³-hybridized carbons (Fsp3) is 0.250. The molecule has 1 unspecified atom stereocenters. The third-order valence-corrected chi connectivity index (χ3v) is 4.24. The SMILES string of the molecule is COc1cc(Cl)c(-c2cc(F)cc3c2OC(CN)CN3)c(Cl)c1. The van der Waals surface area contributed by atoms with Crippen LogP contribution in [0, 0.1) is 5.82 Å². The van der Waals surface area contributed by atoms with E-state index in [0.717, 1.165) is 0 Å². The van der Waals surface area contributed by atoms with Crippen LogP contribution in [0.2, 0.25) is 10.0 Å². The number of ether oxygens (including phenoxy) is 2. The summed E-state index contributed by atoms with van der Waals surface area (Å²) in [5.41, 5.74) is 7.18. The number of benzene rings is 2. The van der Waals surface area contributed by atoms with Gasteiger partial charge in [0.15, 0.2) is 5.75 Å². The molecule has 0 saturated heterocycles. The third-order valence-electron chi connectivity index (χ3n) is 3.64. The molecule has 23 heavy (non-hydrogen) atoms. The number of hydrogen-bond donors (Lipinski definition) is 2. The van der Waals surface area contributed by atoms with Gasteiger partial charge in [-0.15, -0.1) is 0 Å². The van der Waals surface area contributed by atoms with Gasteiger partial charge in [-0.2, -0.15) is 0 Å². The third kappa shape index (κ3) is 3.04. The highest BCUT2D eigenvalue weighted by atomic mass is 35.5. The smallest absolute Gasteiger partial charge is 0.151 e. The molecule has 1 atom stereocenters. The second kappa shape index (κ2) is 6.43. The summed E-state index contributed by atoms with van der Waals surface area (Å²) in [6.07, 6.45) is -0.206. The predicted octanol–water partition coefficient (Wildman–Crippen LogP) is 3.94. The first-order chi connectivity index (χ1) is 11.0. The van der Waals surface area contributed by atoms with E-state index in [9.17, 15) is 4.39 Å². The Morgan fingerprint density at radius 2 is 2.00 bits per heavy atom. The van der Waals surface area contributed by atoms with Crippen LogP contribution in [0.5, 0.6) is 11.5 Å². The van der Waals surface area contributed by atoms with Crippen molar-refractivity contribution in [1.29, 1.82) is 0 Å². The minimum Gasteiger partial charge on any atom is -0.497 e. The zero-order valence-electron chi connectivity index (χ0n) is 12.3. The van der Waals surface area contributed by atoms with Crippen LogP contribution >= 0.6 is 23.2 Å². The van der Waals surface area contributed by atoms with Crippen LogP contribution in [0.15, 0.2) is 24.3 Å². The van der Waals surface area contributed by atoms with Crippen LogP contribution < -0.4 is 20.5 Å². The second-order valence-corrected chi connectivity index (χ2v) is 5.97. The molecule has 2 aromatic rings. The maximum atomic E-state index is 14.0. The molecule has 0 spiro atoms. The van der Waals surface area contributed by atoms with Crippen molar-refractivity contribution in [3.05, 3.63) is 40.1 Å². The highest BCUT2D eigenvalue weighted by Crippen LogP contribution is 2.46. The predicted molar refractivity (Wildman–Crippen MR) is 90.4 cm³/mol. The Bertz CT molecular complexity index is 732. The Morgan fingerprint density at radius 3 is 2.61 bits per heavy atom. The number of nitrogens with two attached hydrogens (primary N) is 1. The summed E-state index contributed by atoms with van der Waals surface area (Å²) in [6.45, 7) is 0.851. The van der Waals surface area contributed by atoms with Gasteiger partial charge in [-0.3, -0.25) is 0 Å². The molecule has 1 aliphatic rings. The average Bonchev–Trinajstić information content (AvgIpc) is 2.53. The van der Waals surface area contributed by atoms with Crippen molar-refractivity contribution in [2.75, 3.05) is 25.5 Å². The number of hydrogen-bond acceptors (Lipinski definition) is 4. The van der Waals surface area contributed by atoms with Crippen molar-refractivity contribution < 1.29 is 13.9 Å². The molecule has 3 N–H and O–H groups in total. The molecule has 0 amide bonds. The molecule has 0 saturated carbocycles. The molecule has 3 rings (SSSR count). The molecule has 1 aliphatic heterocycles. The second-order valence-electron chi connectivity index (χ2n) is 5.15. The zero-order valence-corrected chi connectivity index (χ0v) is 13.8. The summed E-state index contributed by atoms with van der Waals surface area (Å²) in [4.78, 5) is 0. The molecular formula is C16H15Cl2FN2O2. The number of fused-ring (bicyclic) bond motifs is 1. The first kappa shape index (κ1) is 16.2. The van der Waals surface area contributed by atoms with Gasteiger partial charge in [0.25, 0.3) is 0 Å². The lowest BCUT2D eigenvalue weighted by Crippen LogP contribution is -2.37. The highest BCUT2D eigenvalue weighted by molar-refractivity contribution is 6.39. The van der Waals surface area contributed by atoms with Crippen molar-refractivity contribution in [2.45, 2.75) is 6.10 Å². The molecule has 122 valence electrons. The summed E-state index contributed by atoms with van der Waals surface area (Å²) < 4.78 is 25.0. The fourth-order valence-electron chi connectivity index (χ4n) is 2.53. The quantitative estimate of drug-likeness (QED) is 0.874. The van der Waals surface area contributed by atoms with Crippen LogP contribution in [0.25, 0.3) is 11.1 Å². The highest BCUT2D eigenvalue weighted by Gasteiger charge is 2.25. The number of methoxy groups -OCH3 is 1. The lowest BCUT2D eigenvalue weighted by atomic mass is 10.0. The average molecular weight is 357 g/mol. The molecule has 4 nitrogen and oxygen atoms in total. The van der Waals surface area contributed by atoms with E-state index in [0.29, 0.717) is 51.4 Å². The molecule has 0 bridgehead atoms. The van der Waals surface area contributed by atoms with Crippen LogP contribution in [0.1, 0.15) is 0 Å². The monoisotopic (exact) mass is 356 g/mol. The van der Waals surface area contributed by atoms with E-state index in [1.165, 1.54) is 19.2 Å². The van der Waals surface area contributed by atoms with Gasteiger partial charge in [0, 0.05) is 23.7 Å². The van der Waals surface area contributed by atoms with Gasteiger partial charge in [-0.25, -0.2) is 4.39 Å². The van der Waals surface area contributed by atoms with Gasteiger partial charge in [0.1, 0.15) is 17.7 Å². The van der Waals surface area contributed by atoms with E-state index in [-0.39, 0.29) is 6.10 Å². The first-order valence-electron chi connectivity index (χ1n) is 7.01. The number of rotatable bonds is 3. The Balaban J connectivity index is 2.19. The summed E-state index contributed by atoms with van der Waals surface area (Å²) >= 11 is 12.7. The normalized spacial score (nSPS) is 16.3. The molecule has 2 aromatic carbocycles. The molecule has 0 aromatic heterocycles. The lowest BCUT2D eigenvalue weighted by Gasteiger charge is -2.29. The maximum absolute atomic E-state index is 14.0.